The van der Waals surface area contributed by atoms with Crippen LogP contribution < -0.4 is 5.73 Å². The molecule has 0 heterocycles. The summed E-state index contributed by atoms with van der Waals surface area (Å²) < 4.78 is 0. The molecule has 3 nitrogen and oxygen atoms in total. The molecule has 1 aliphatic rings. The lowest BCUT2D eigenvalue weighted by atomic mass is 9.83. The quantitative estimate of drug-likeness (QED) is 0.747. The second-order valence-corrected chi connectivity index (χ2v) is 6.79. The van der Waals surface area contributed by atoms with E-state index in [9.17, 15) is 5.11 Å². The van der Waals surface area contributed by atoms with Crippen LogP contribution in [0.25, 0.3) is 0 Å². The van der Waals surface area contributed by atoms with Gasteiger partial charge in [0, 0.05) is 18.1 Å². The minimum atomic E-state index is 0.0823. The predicted molar refractivity (Wildman–Crippen MR) is 82.1 cm³/mol. The minimum absolute atomic E-state index is 0.0823. The van der Waals surface area contributed by atoms with Crippen LogP contribution in [0.3, 0.4) is 0 Å². The molecule has 0 bridgehead atoms. The van der Waals surface area contributed by atoms with Crippen molar-refractivity contribution in [1.82, 2.24) is 4.90 Å². The molecule has 0 amide bonds. The van der Waals surface area contributed by atoms with Gasteiger partial charge in [-0.05, 0) is 51.0 Å². The molecule has 2 unspecified atom stereocenters. The number of nitrogens with zero attached hydrogens (tertiary/aromatic N) is 1. The Balaban J connectivity index is 2.51. The van der Waals surface area contributed by atoms with E-state index in [-0.39, 0.29) is 18.7 Å². The van der Waals surface area contributed by atoms with Crippen LogP contribution in [0.15, 0.2) is 0 Å². The molecule has 0 spiro atoms. The SMILES string of the molecule is CCC1CCC(N(C)C(CO)C(N)CC(C)C)CC1. The average Bonchev–Trinajstić information content (AvgIpc) is 2.38. The highest BCUT2D eigenvalue weighted by Crippen LogP contribution is 2.30. The second-order valence-electron chi connectivity index (χ2n) is 6.79. The lowest BCUT2D eigenvalue weighted by Gasteiger charge is -2.40. The Morgan fingerprint density at radius 3 is 2.21 bits per heavy atom. The molecule has 0 radical (unpaired) electrons. The Labute approximate surface area is 119 Å². The van der Waals surface area contributed by atoms with Crippen LogP contribution in [0.5, 0.6) is 0 Å². The topological polar surface area (TPSA) is 49.5 Å². The first-order chi connectivity index (χ1) is 8.99. The molecule has 1 aliphatic carbocycles. The fourth-order valence-corrected chi connectivity index (χ4v) is 3.50. The number of likely N-dealkylation sites (N-methyl/N-ethyl adjacent to an activating group) is 1. The molecule has 0 aromatic carbocycles. The van der Waals surface area contributed by atoms with E-state index in [1.807, 2.05) is 0 Å². The largest absolute Gasteiger partial charge is 0.395 e. The van der Waals surface area contributed by atoms with Crippen molar-refractivity contribution in [3.63, 3.8) is 0 Å². The summed E-state index contributed by atoms with van der Waals surface area (Å²) in [7, 11) is 2.15. The average molecular weight is 270 g/mol. The summed E-state index contributed by atoms with van der Waals surface area (Å²) in [6, 6.07) is 0.808. The number of hydrogen-bond donors (Lipinski definition) is 2. The third kappa shape index (κ3) is 5.05. The van der Waals surface area contributed by atoms with Gasteiger partial charge < -0.3 is 10.8 Å². The van der Waals surface area contributed by atoms with Crippen LogP contribution >= 0.6 is 0 Å². The fourth-order valence-electron chi connectivity index (χ4n) is 3.50. The molecule has 0 aromatic rings. The predicted octanol–water partition coefficient (Wildman–Crippen LogP) is 2.62. The second kappa shape index (κ2) is 8.23. The lowest BCUT2D eigenvalue weighted by Crippen LogP contribution is -2.53. The van der Waals surface area contributed by atoms with E-state index in [2.05, 4.69) is 32.7 Å². The first kappa shape index (κ1) is 16.9. The first-order valence-corrected chi connectivity index (χ1v) is 8.07. The normalized spacial score (nSPS) is 27.8. The Hall–Kier alpha value is -0.120. The monoisotopic (exact) mass is 270 g/mol. The molecular formula is C16H34N2O. The number of aliphatic hydroxyl groups is 1. The van der Waals surface area contributed by atoms with Crippen molar-refractivity contribution in [2.45, 2.75) is 77.4 Å². The standard InChI is InChI=1S/C16H34N2O/c1-5-13-6-8-14(9-7-13)18(4)16(11-19)15(17)10-12(2)3/h12-16,19H,5-11,17H2,1-4H3. The molecule has 114 valence electrons. The van der Waals surface area contributed by atoms with Crippen molar-refractivity contribution < 1.29 is 5.11 Å². The highest BCUT2D eigenvalue weighted by Gasteiger charge is 2.30. The fraction of sp³-hybridized carbons (Fsp3) is 1.00. The summed E-state index contributed by atoms with van der Waals surface area (Å²) in [4.78, 5) is 2.36. The van der Waals surface area contributed by atoms with Gasteiger partial charge in [0.2, 0.25) is 0 Å². The zero-order chi connectivity index (χ0) is 14.4. The van der Waals surface area contributed by atoms with Crippen LogP contribution in [-0.2, 0) is 0 Å². The molecule has 0 aliphatic heterocycles. The zero-order valence-electron chi connectivity index (χ0n) is 13.3. The number of rotatable bonds is 7. The van der Waals surface area contributed by atoms with Crippen LogP contribution in [0.4, 0.5) is 0 Å². The van der Waals surface area contributed by atoms with Crippen LogP contribution in [0, 0.1) is 11.8 Å². The van der Waals surface area contributed by atoms with Crippen molar-refractivity contribution in [3.05, 3.63) is 0 Å². The summed E-state index contributed by atoms with van der Waals surface area (Å²) in [6.07, 6.45) is 7.50. The minimum Gasteiger partial charge on any atom is -0.395 e. The van der Waals surface area contributed by atoms with Gasteiger partial charge in [-0.3, -0.25) is 4.90 Å². The van der Waals surface area contributed by atoms with Crippen LogP contribution in [-0.4, -0.2) is 41.8 Å². The molecule has 1 saturated carbocycles. The lowest BCUT2D eigenvalue weighted by molar-refractivity contribution is 0.0616. The van der Waals surface area contributed by atoms with Crippen molar-refractivity contribution in [1.29, 1.82) is 0 Å². The van der Waals surface area contributed by atoms with Crippen molar-refractivity contribution in [2.24, 2.45) is 17.6 Å². The van der Waals surface area contributed by atoms with Gasteiger partial charge in [-0.25, -0.2) is 0 Å². The third-order valence-electron chi connectivity index (χ3n) is 4.92. The van der Waals surface area contributed by atoms with Crippen LogP contribution in [0.1, 0.15) is 59.3 Å². The van der Waals surface area contributed by atoms with Crippen LogP contribution in [0.2, 0.25) is 0 Å². The third-order valence-corrected chi connectivity index (χ3v) is 4.92. The maximum Gasteiger partial charge on any atom is 0.0601 e. The smallest absolute Gasteiger partial charge is 0.0601 e. The van der Waals surface area contributed by atoms with Gasteiger partial charge in [-0.15, -0.1) is 0 Å². The summed E-state index contributed by atoms with van der Waals surface area (Å²) in [5, 5.41) is 9.69. The Bertz CT molecular complexity index is 237. The highest BCUT2D eigenvalue weighted by molar-refractivity contribution is 4.87. The van der Waals surface area contributed by atoms with E-state index < -0.39 is 0 Å². The molecule has 0 aromatic heterocycles. The molecule has 1 rings (SSSR count). The maximum atomic E-state index is 9.69. The van der Waals surface area contributed by atoms with E-state index in [1.165, 1.54) is 32.1 Å². The molecule has 19 heavy (non-hydrogen) atoms. The zero-order valence-corrected chi connectivity index (χ0v) is 13.3. The van der Waals surface area contributed by atoms with E-state index >= 15 is 0 Å². The van der Waals surface area contributed by atoms with Gasteiger partial charge >= 0.3 is 0 Å². The van der Waals surface area contributed by atoms with Gasteiger partial charge in [0.25, 0.3) is 0 Å². The van der Waals surface area contributed by atoms with E-state index in [0.29, 0.717) is 12.0 Å². The van der Waals surface area contributed by atoms with E-state index in [1.54, 1.807) is 0 Å². The van der Waals surface area contributed by atoms with Gasteiger partial charge in [0.05, 0.1) is 6.61 Å². The summed E-state index contributed by atoms with van der Waals surface area (Å²) >= 11 is 0. The van der Waals surface area contributed by atoms with Gasteiger partial charge in [-0.2, -0.15) is 0 Å². The Morgan fingerprint density at radius 2 is 1.79 bits per heavy atom. The summed E-state index contributed by atoms with van der Waals surface area (Å²) in [6.45, 7) is 6.86. The number of nitrogens with two attached hydrogens (primary N) is 1. The van der Waals surface area contributed by atoms with Crippen molar-refractivity contribution >= 4 is 0 Å². The summed E-state index contributed by atoms with van der Waals surface area (Å²) in [5.41, 5.74) is 6.29. The maximum absolute atomic E-state index is 9.69. The van der Waals surface area contributed by atoms with Gasteiger partial charge in [0.1, 0.15) is 0 Å². The van der Waals surface area contributed by atoms with Crippen molar-refractivity contribution in [3.8, 4) is 0 Å². The van der Waals surface area contributed by atoms with Crippen molar-refractivity contribution in [2.75, 3.05) is 13.7 Å². The molecular weight excluding hydrogens is 236 g/mol. The number of aliphatic hydroxyl groups excluding tert-OH is 1. The molecule has 2 atom stereocenters. The Kier molecular flexibility index (Phi) is 7.33. The molecule has 1 fully saturated rings. The summed E-state index contributed by atoms with van der Waals surface area (Å²) in [5.74, 6) is 1.51. The highest BCUT2D eigenvalue weighted by atomic mass is 16.3. The number of hydrogen-bond acceptors (Lipinski definition) is 3. The van der Waals surface area contributed by atoms with E-state index in [4.69, 9.17) is 5.73 Å². The van der Waals surface area contributed by atoms with Gasteiger partial charge in [0.15, 0.2) is 0 Å². The first-order valence-electron chi connectivity index (χ1n) is 8.07. The van der Waals surface area contributed by atoms with Gasteiger partial charge in [-0.1, -0.05) is 27.2 Å². The Morgan fingerprint density at radius 1 is 1.21 bits per heavy atom. The molecule has 0 saturated heterocycles. The molecule has 3 N–H and O–H groups in total. The van der Waals surface area contributed by atoms with E-state index in [0.717, 1.165) is 12.3 Å². The molecule has 3 heteroatoms.